The molecule has 1 aromatic heterocycles. The highest BCUT2D eigenvalue weighted by molar-refractivity contribution is 9.10. The standard InChI is InChI=1S/C10H7BrN2/c1-2-9-8-5-7(11)3-4-10(8)13-6-12-9/h2-6H,1H2. The summed E-state index contributed by atoms with van der Waals surface area (Å²) in [4.78, 5) is 8.27. The summed E-state index contributed by atoms with van der Waals surface area (Å²) in [5, 5.41) is 1.02. The molecule has 0 aliphatic rings. The SMILES string of the molecule is C=Cc1ncnc2ccc(Br)cc12. The largest absolute Gasteiger partial charge is 0.236 e. The van der Waals surface area contributed by atoms with Crippen LogP contribution in [0, 0.1) is 0 Å². The molecule has 0 aliphatic heterocycles. The van der Waals surface area contributed by atoms with Crippen LogP contribution in [0.2, 0.25) is 0 Å². The van der Waals surface area contributed by atoms with Crippen molar-refractivity contribution in [3.05, 3.63) is 41.3 Å². The van der Waals surface area contributed by atoms with Crippen LogP contribution < -0.4 is 0 Å². The highest BCUT2D eigenvalue weighted by Crippen LogP contribution is 2.20. The number of nitrogens with zero attached hydrogens (tertiary/aromatic N) is 2. The maximum Gasteiger partial charge on any atom is 0.116 e. The van der Waals surface area contributed by atoms with Gasteiger partial charge in [0.1, 0.15) is 6.33 Å². The first kappa shape index (κ1) is 8.38. The van der Waals surface area contributed by atoms with Gasteiger partial charge in [0.2, 0.25) is 0 Å². The van der Waals surface area contributed by atoms with Gasteiger partial charge < -0.3 is 0 Å². The first-order chi connectivity index (χ1) is 6.31. The van der Waals surface area contributed by atoms with E-state index in [1.54, 1.807) is 12.4 Å². The minimum atomic E-state index is 0.867. The van der Waals surface area contributed by atoms with E-state index in [1.165, 1.54) is 0 Å². The van der Waals surface area contributed by atoms with Crippen molar-refractivity contribution in [3.8, 4) is 0 Å². The van der Waals surface area contributed by atoms with E-state index in [2.05, 4.69) is 32.5 Å². The molecule has 0 amide bonds. The van der Waals surface area contributed by atoms with Crippen LogP contribution in [-0.4, -0.2) is 9.97 Å². The third-order valence-electron chi connectivity index (χ3n) is 1.82. The summed E-state index contributed by atoms with van der Waals surface area (Å²) in [5.74, 6) is 0. The first-order valence-corrected chi connectivity index (χ1v) is 4.63. The Morgan fingerprint density at radius 1 is 1.31 bits per heavy atom. The molecule has 13 heavy (non-hydrogen) atoms. The van der Waals surface area contributed by atoms with E-state index >= 15 is 0 Å². The Morgan fingerprint density at radius 3 is 2.92 bits per heavy atom. The van der Waals surface area contributed by atoms with Crippen molar-refractivity contribution in [2.75, 3.05) is 0 Å². The van der Waals surface area contributed by atoms with Gasteiger partial charge in [-0.05, 0) is 24.3 Å². The van der Waals surface area contributed by atoms with Crippen molar-refractivity contribution in [2.45, 2.75) is 0 Å². The molecule has 2 nitrogen and oxygen atoms in total. The summed E-state index contributed by atoms with van der Waals surface area (Å²) in [6.07, 6.45) is 3.28. The second kappa shape index (κ2) is 3.26. The minimum Gasteiger partial charge on any atom is -0.236 e. The predicted molar refractivity (Wildman–Crippen MR) is 57.3 cm³/mol. The molecule has 0 atom stereocenters. The quantitative estimate of drug-likeness (QED) is 0.759. The summed E-state index contributed by atoms with van der Waals surface area (Å²) in [5.41, 5.74) is 1.81. The van der Waals surface area contributed by atoms with E-state index in [0.29, 0.717) is 0 Å². The Morgan fingerprint density at radius 2 is 2.15 bits per heavy atom. The van der Waals surface area contributed by atoms with E-state index in [4.69, 9.17) is 0 Å². The Hall–Kier alpha value is -1.22. The average Bonchev–Trinajstić information content (AvgIpc) is 2.17. The van der Waals surface area contributed by atoms with Gasteiger partial charge in [-0.15, -0.1) is 0 Å². The van der Waals surface area contributed by atoms with Crippen LogP contribution in [0.25, 0.3) is 17.0 Å². The fraction of sp³-hybridized carbons (Fsp3) is 0. The van der Waals surface area contributed by atoms with E-state index in [9.17, 15) is 0 Å². The van der Waals surface area contributed by atoms with Crippen LogP contribution in [0.1, 0.15) is 5.69 Å². The lowest BCUT2D eigenvalue weighted by atomic mass is 10.2. The number of rotatable bonds is 1. The molecular weight excluding hydrogens is 228 g/mol. The number of benzene rings is 1. The summed E-state index contributed by atoms with van der Waals surface area (Å²) < 4.78 is 1.03. The molecule has 0 radical (unpaired) electrons. The molecule has 3 heteroatoms. The lowest BCUT2D eigenvalue weighted by Crippen LogP contribution is -1.86. The first-order valence-electron chi connectivity index (χ1n) is 3.84. The molecule has 0 saturated carbocycles. The lowest BCUT2D eigenvalue weighted by molar-refractivity contribution is 1.20. The van der Waals surface area contributed by atoms with Gasteiger partial charge in [-0.25, -0.2) is 9.97 Å². The van der Waals surface area contributed by atoms with Gasteiger partial charge in [0.05, 0.1) is 11.2 Å². The Kier molecular flexibility index (Phi) is 2.10. The second-order valence-corrected chi connectivity index (χ2v) is 3.54. The molecule has 0 unspecified atom stereocenters. The fourth-order valence-corrected chi connectivity index (χ4v) is 1.57. The summed E-state index contributed by atoms with van der Waals surface area (Å²) in [6, 6.07) is 5.91. The molecule has 2 aromatic rings. The Balaban J connectivity index is 2.86. The zero-order valence-electron chi connectivity index (χ0n) is 6.87. The van der Waals surface area contributed by atoms with Crippen molar-refractivity contribution in [3.63, 3.8) is 0 Å². The minimum absolute atomic E-state index is 0.867. The van der Waals surface area contributed by atoms with Gasteiger partial charge in [-0.1, -0.05) is 22.5 Å². The van der Waals surface area contributed by atoms with Crippen LogP contribution in [0.3, 0.4) is 0 Å². The Labute approximate surface area is 84.5 Å². The topological polar surface area (TPSA) is 25.8 Å². The van der Waals surface area contributed by atoms with Gasteiger partial charge in [0.25, 0.3) is 0 Å². The van der Waals surface area contributed by atoms with Gasteiger partial charge >= 0.3 is 0 Å². The smallest absolute Gasteiger partial charge is 0.116 e. The zero-order chi connectivity index (χ0) is 9.26. The molecular formula is C10H7BrN2. The average molecular weight is 235 g/mol. The third-order valence-corrected chi connectivity index (χ3v) is 2.31. The van der Waals surface area contributed by atoms with Crippen LogP contribution >= 0.6 is 15.9 Å². The van der Waals surface area contributed by atoms with Crippen molar-refractivity contribution < 1.29 is 0 Å². The molecule has 0 bridgehead atoms. The number of fused-ring (bicyclic) bond motifs is 1. The van der Waals surface area contributed by atoms with Crippen molar-refractivity contribution in [1.82, 2.24) is 9.97 Å². The van der Waals surface area contributed by atoms with Gasteiger partial charge in [0, 0.05) is 9.86 Å². The molecule has 1 aromatic carbocycles. The Bertz CT molecular complexity index is 465. The maximum absolute atomic E-state index is 4.15. The van der Waals surface area contributed by atoms with E-state index in [0.717, 1.165) is 21.1 Å². The zero-order valence-corrected chi connectivity index (χ0v) is 8.45. The van der Waals surface area contributed by atoms with Crippen LogP contribution in [0.5, 0.6) is 0 Å². The molecule has 0 saturated heterocycles. The summed E-state index contributed by atoms with van der Waals surface area (Å²) in [7, 11) is 0. The van der Waals surface area contributed by atoms with Gasteiger partial charge in [-0.3, -0.25) is 0 Å². The highest BCUT2D eigenvalue weighted by atomic mass is 79.9. The summed E-state index contributed by atoms with van der Waals surface area (Å²) >= 11 is 3.41. The molecule has 0 N–H and O–H groups in total. The van der Waals surface area contributed by atoms with Crippen molar-refractivity contribution in [2.24, 2.45) is 0 Å². The fourth-order valence-electron chi connectivity index (χ4n) is 1.21. The molecule has 2 rings (SSSR count). The van der Waals surface area contributed by atoms with Crippen molar-refractivity contribution in [1.29, 1.82) is 0 Å². The van der Waals surface area contributed by atoms with Crippen LogP contribution in [-0.2, 0) is 0 Å². The molecule has 0 fully saturated rings. The number of aromatic nitrogens is 2. The number of hydrogen-bond donors (Lipinski definition) is 0. The van der Waals surface area contributed by atoms with Gasteiger partial charge in [0.15, 0.2) is 0 Å². The summed E-state index contributed by atoms with van der Waals surface area (Å²) in [6.45, 7) is 3.71. The second-order valence-electron chi connectivity index (χ2n) is 2.62. The van der Waals surface area contributed by atoms with Gasteiger partial charge in [-0.2, -0.15) is 0 Å². The normalized spacial score (nSPS) is 10.2. The predicted octanol–water partition coefficient (Wildman–Crippen LogP) is 3.04. The molecule has 0 spiro atoms. The number of hydrogen-bond acceptors (Lipinski definition) is 2. The molecule has 64 valence electrons. The maximum atomic E-state index is 4.15. The number of halogens is 1. The van der Waals surface area contributed by atoms with Crippen molar-refractivity contribution >= 4 is 32.9 Å². The van der Waals surface area contributed by atoms with E-state index < -0.39 is 0 Å². The van der Waals surface area contributed by atoms with E-state index in [1.807, 2.05) is 18.2 Å². The third kappa shape index (κ3) is 1.47. The highest BCUT2D eigenvalue weighted by Gasteiger charge is 1.99. The molecule has 1 heterocycles. The monoisotopic (exact) mass is 234 g/mol. The van der Waals surface area contributed by atoms with Crippen LogP contribution in [0.15, 0.2) is 35.6 Å². The molecule has 0 aliphatic carbocycles. The van der Waals surface area contributed by atoms with Crippen LogP contribution in [0.4, 0.5) is 0 Å². The van der Waals surface area contributed by atoms with E-state index in [-0.39, 0.29) is 0 Å². The lowest BCUT2D eigenvalue weighted by Gasteiger charge is -2.00.